The second-order valence-electron chi connectivity index (χ2n) is 6.12. The predicted octanol–water partition coefficient (Wildman–Crippen LogP) is 5.16. The van der Waals surface area contributed by atoms with Crippen molar-refractivity contribution in [3.05, 3.63) is 87.4 Å². The van der Waals surface area contributed by atoms with Gasteiger partial charge in [0, 0.05) is 37.2 Å². The van der Waals surface area contributed by atoms with Crippen molar-refractivity contribution in [2.75, 3.05) is 5.73 Å². The smallest absolute Gasteiger partial charge is 0.196 e. The molecule has 0 heterocycles. The van der Waals surface area contributed by atoms with Crippen LogP contribution in [0.2, 0.25) is 5.02 Å². The van der Waals surface area contributed by atoms with E-state index >= 15 is 0 Å². The summed E-state index contributed by atoms with van der Waals surface area (Å²) in [7, 11) is 0. The monoisotopic (exact) mass is 379 g/mol. The molecule has 3 aromatic carbocycles. The van der Waals surface area contributed by atoms with Gasteiger partial charge in [-0.1, -0.05) is 53.7 Å². The summed E-state index contributed by atoms with van der Waals surface area (Å²) >= 11 is 7.63. The van der Waals surface area contributed by atoms with Crippen molar-refractivity contribution in [3.63, 3.8) is 0 Å². The van der Waals surface area contributed by atoms with Gasteiger partial charge in [0.15, 0.2) is 11.6 Å². The van der Waals surface area contributed by atoms with Crippen LogP contribution < -0.4 is 5.73 Å². The Morgan fingerprint density at radius 2 is 1.54 bits per heavy atom. The Balaban J connectivity index is 1.85. The summed E-state index contributed by atoms with van der Waals surface area (Å²) in [5.41, 5.74) is 8.74. The molecule has 0 bridgehead atoms. The highest BCUT2D eigenvalue weighted by atomic mass is 35.5. The van der Waals surface area contributed by atoms with E-state index in [1.54, 1.807) is 30.3 Å². The van der Waals surface area contributed by atoms with Crippen LogP contribution in [0.4, 0.5) is 5.69 Å². The Labute approximate surface area is 160 Å². The van der Waals surface area contributed by atoms with Gasteiger partial charge in [0.2, 0.25) is 0 Å². The molecule has 0 saturated heterocycles. The molecule has 3 aromatic rings. The maximum Gasteiger partial charge on any atom is 0.196 e. The summed E-state index contributed by atoms with van der Waals surface area (Å²) in [6.45, 7) is 1.94. The first-order chi connectivity index (χ1) is 12.5. The van der Waals surface area contributed by atoms with Crippen LogP contribution in [-0.2, 0) is 0 Å². The molecule has 0 spiro atoms. The maximum atomic E-state index is 13.1. The van der Waals surface area contributed by atoms with Gasteiger partial charge < -0.3 is 5.73 Å². The zero-order chi connectivity index (χ0) is 18.4. The summed E-state index contributed by atoms with van der Waals surface area (Å²) in [6, 6.07) is 16.0. The maximum absolute atomic E-state index is 13.1. The SMILES string of the molecule is Cc1ccc(Sc2cccc3c2C(=O)c2cccc(N)c2C3=O)cc1Cl. The number of fused-ring (bicyclic) bond motifs is 2. The van der Waals surface area contributed by atoms with E-state index in [0.717, 1.165) is 15.4 Å². The molecule has 0 aliphatic heterocycles. The molecule has 3 nitrogen and oxygen atoms in total. The third kappa shape index (κ3) is 2.62. The number of anilines is 1. The molecular weight excluding hydrogens is 366 g/mol. The molecular formula is C21H14ClNO2S. The van der Waals surface area contributed by atoms with E-state index in [1.807, 2.05) is 31.2 Å². The fourth-order valence-corrected chi connectivity index (χ4v) is 4.35. The molecule has 2 N–H and O–H groups in total. The van der Waals surface area contributed by atoms with Crippen molar-refractivity contribution < 1.29 is 9.59 Å². The van der Waals surface area contributed by atoms with Gasteiger partial charge in [-0.15, -0.1) is 0 Å². The number of carbonyl (C=O) groups is 2. The number of ketones is 2. The standard InChI is InChI=1S/C21H14ClNO2S/c1-11-8-9-12(10-15(11)22)26-17-7-3-5-14-19(17)21(25)13-4-2-6-16(23)18(13)20(14)24/h2-10H,23H2,1H3. The number of nitrogen functional groups attached to an aromatic ring is 1. The molecule has 0 amide bonds. The Kier molecular flexibility index (Phi) is 4.10. The molecule has 0 fully saturated rings. The van der Waals surface area contributed by atoms with Crippen LogP contribution in [0.1, 0.15) is 37.4 Å². The Morgan fingerprint density at radius 3 is 2.27 bits per heavy atom. The first kappa shape index (κ1) is 16.9. The summed E-state index contributed by atoms with van der Waals surface area (Å²) in [5.74, 6) is -0.389. The number of benzene rings is 3. The van der Waals surface area contributed by atoms with Crippen molar-refractivity contribution in [1.82, 2.24) is 0 Å². The molecule has 1 aliphatic carbocycles. The summed E-state index contributed by atoms with van der Waals surface area (Å²) in [6.07, 6.45) is 0. The van der Waals surface area contributed by atoms with E-state index in [0.29, 0.717) is 33.0 Å². The van der Waals surface area contributed by atoms with Crippen molar-refractivity contribution in [1.29, 1.82) is 0 Å². The molecule has 4 rings (SSSR count). The number of aryl methyl sites for hydroxylation is 1. The highest BCUT2D eigenvalue weighted by molar-refractivity contribution is 7.99. The minimum Gasteiger partial charge on any atom is -0.398 e. The summed E-state index contributed by atoms with van der Waals surface area (Å²) in [5, 5.41) is 0.667. The largest absolute Gasteiger partial charge is 0.398 e. The van der Waals surface area contributed by atoms with Gasteiger partial charge in [0.05, 0.1) is 5.56 Å². The van der Waals surface area contributed by atoms with Gasteiger partial charge in [-0.2, -0.15) is 0 Å². The topological polar surface area (TPSA) is 60.2 Å². The number of nitrogens with two attached hydrogens (primary N) is 1. The quantitative estimate of drug-likeness (QED) is 0.489. The van der Waals surface area contributed by atoms with Crippen LogP contribution in [0.15, 0.2) is 64.4 Å². The van der Waals surface area contributed by atoms with Crippen molar-refractivity contribution in [2.45, 2.75) is 16.7 Å². The third-order valence-corrected chi connectivity index (χ3v) is 5.89. The van der Waals surface area contributed by atoms with E-state index in [2.05, 4.69) is 0 Å². The second-order valence-corrected chi connectivity index (χ2v) is 7.64. The van der Waals surface area contributed by atoms with Gasteiger partial charge in [-0.3, -0.25) is 9.59 Å². The first-order valence-corrected chi connectivity index (χ1v) is 9.21. The molecule has 1 aliphatic rings. The lowest BCUT2D eigenvalue weighted by atomic mass is 9.83. The van der Waals surface area contributed by atoms with Gasteiger partial charge in [0.25, 0.3) is 0 Å². The molecule has 0 unspecified atom stereocenters. The van der Waals surface area contributed by atoms with Crippen LogP contribution in [0, 0.1) is 6.92 Å². The zero-order valence-corrected chi connectivity index (χ0v) is 15.4. The number of halogens is 1. The van der Waals surface area contributed by atoms with Crippen molar-refractivity contribution in [3.8, 4) is 0 Å². The third-order valence-electron chi connectivity index (χ3n) is 4.44. The molecule has 128 valence electrons. The number of carbonyl (C=O) groups excluding carboxylic acids is 2. The Morgan fingerprint density at radius 1 is 0.885 bits per heavy atom. The van der Waals surface area contributed by atoms with E-state index in [9.17, 15) is 9.59 Å². The molecule has 0 aromatic heterocycles. The van der Waals surface area contributed by atoms with Gasteiger partial charge in [-0.25, -0.2) is 0 Å². The number of hydrogen-bond donors (Lipinski definition) is 1. The number of hydrogen-bond acceptors (Lipinski definition) is 4. The van der Waals surface area contributed by atoms with Crippen LogP contribution in [0.5, 0.6) is 0 Å². The van der Waals surface area contributed by atoms with Gasteiger partial charge in [-0.05, 0) is 36.8 Å². The summed E-state index contributed by atoms with van der Waals surface area (Å²) < 4.78 is 0. The van der Waals surface area contributed by atoms with Crippen molar-refractivity contribution in [2.24, 2.45) is 0 Å². The van der Waals surface area contributed by atoms with E-state index in [4.69, 9.17) is 17.3 Å². The Hall–Kier alpha value is -2.56. The zero-order valence-electron chi connectivity index (χ0n) is 13.9. The van der Waals surface area contributed by atoms with E-state index in [1.165, 1.54) is 11.8 Å². The first-order valence-electron chi connectivity index (χ1n) is 8.02. The van der Waals surface area contributed by atoms with E-state index < -0.39 is 0 Å². The molecule has 0 radical (unpaired) electrons. The summed E-state index contributed by atoms with van der Waals surface area (Å²) in [4.78, 5) is 27.6. The normalized spacial score (nSPS) is 12.7. The van der Waals surface area contributed by atoms with Gasteiger partial charge >= 0.3 is 0 Å². The average molecular weight is 380 g/mol. The average Bonchev–Trinajstić information content (AvgIpc) is 2.62. The Bertz CT molecular complexity index is 1090. The second kappa shape index (κ2) is 6.31. The number of rotatable bonds is 2. The lowest BCUT2D eigenvalue weighted by Gasteiger charge is -2.21. The van der Waals surface area contributed by atoms with Crippen LogP contribution in [0.25, 0.3) is 0 Å². The highest BCUT2D eigenvalue weighted by Crippen LogP contribution is 2.39. The molecule has 0 atom stereocenters. The van der Waals surface area contributed by atoms with Crippen LogP contribution in [-0.4, -0.2) is 11.6 Å². The lowest BCUT2D eigenvalue weighted by molar-refractivity contribution is 0.0977. The fraction of sp³-hybridized carbons (Fsp3) is 0.0476. The lowest BCUT2D eigenvalue weighted by Crippen LogP contribution is -2.23. The van der Waals surface area contributed by atoms with Crippen LogP contribution >= 0.6 is 23.4 Å². The molecule has 0 saturated carbocycles. The molecule has 5 heteroatoms. The minimum atomic E-state index is -0.211. The van der Waals surface area contributed by atoms with Gasteiger partial charge in [0.1, 0.15) is 0 Å². The van der Waals surface area contributed by atoms with Crippen molar-refractivity contribution >= 4 is 40.6 Å². The van der Waals surface area contributed by atoms with E-state index in [-0.39, 0.29) is 11.6 Å². The predicted molar refractivity (Wildman–Crippen MR) is 104 cm³/mol. The van der Waals surface area contributed by atoms with Crippen LogP contribution in [0.3, 0.4) is 0 Å². The molecule has 26 heavy (non-hydrogen) atoms. The highest BCUT2D eigenvalue weighted by Gasteiger charge is 2.33. The minimum absolute atomic E-state index is 0.178. The fourth-order valence-electron chi connectivity index (χ4n) is 3.09.